The van der Waals surface area contributed by atoms with Crippen LogP contribution in [-0.4, -0.2) is 23.4 Å². The molecule has 1 aliphatic heterocycles. The molecule has 1 N–H and O–H groups in total. The third-order valence-corrected chi connectivity index (χ3v) is 4.50. The van der Waals surface area contributed by atoms with Crippen LogP contribution in [0.4, 0.5) is 0 Å². The van der Waals surface area contributed by atoms with E-state index in [0.29, 0.717) is 24.0 Å². The van der Waals surface area contributed by atoms with E-state index in [1.807, 2.05) is 24.3 Å². The van der Waals surface area contributed by atoms with E-state index in [1.54, 1.807) is 13.8 Å². The Morgan fingerprint density at radius 1 is 1.08 bits per heavy atom. The van der Waals surface area contributed by atoms with Crippen LogP contribution in [-0.2, 0) is 19.2 Å². The van der Waals surface area contributed by atoms with Gasteiger partial charge in [-0.2, -0.15) is 0 Å². The second-order valence-corrected chi connectivity index (χ2v) is 5.93. The number of imide groups is 1. The molecular weight excluding hydrogens is 306 g/mol. The topological polar surface area (TPSA) is 80.3 Å². The number of amides is 2. The van der Waals surface area contributed by atoms with Gasteiger partial charge in [-0.3, -0.25) is 24.5 Å². The Balaban J connectivity index is 2.21. The average molecular weight is 323 g/mol. The molecule has 0 atom stereocenters. The van der Waals surface area contributed by atoms with Gasteiger partial charge in [-0.1, -0.05) is 31.2 Å². The lowest BCUT2D eigenvalue weighted by Gasteiger charge is -2.15. The van der Waals surface area contributed by atoms with E-state index in [0.717, 1.165) is 16.7 Å². The number of rotatable bonds is 2. The molecule has 1 aliphatic carbocycles. The fourth-order valence-electron chi connectivity index (χ4n) is 3.27. The Hall–Kier alpha value is -2.82. The summed E-state index contributed by atoms with van der Waals surface area (Å²) in [6.07, 6.45) is 0.426. The summed E-state index contributed by atoms with van der Waals surface area (Å²) in [4.78, 5) is 47.9. The largest absolute Gasteiger partial charge is 0.295 e. The Kier molecular flexibility index (Phi) is 4.01. The normalized spacial score (nSPS) is 22.3. The third-order valence-electron chi connectivity index (χ3n) is 4.50. The molecule has 1 saturated heterocycles. The lowest BCUT2D eigenvalue weighted by atomic mass is 9.94. The zero-order valence-corrected chi connectivity index (χ0v) is 13.6. The number of carbonyl (C=O) groups excluding carboxylic acids is 4. The predicted octanol–water partition coefficient (Wildman–Crippen LogP) is 2.21. The molecule has 0 aromatic heterocycles. The molecule has 0 saturated carbocycles. The van der Waals surface area contributed by atoms with Crippen molar-refractivity contribution in [1.29, 1.82) is 0 Å². The van der Waals surface area contributed by atoms with Gasteiger partial charge in [0.25, 0.3) is 5.91 Å². The number of fused-ring (bicyclic) bond motifs is 1. The van der Waals surface area contributed by atoms with E-state index in [9.17, 15) is 19.2 Å². The van der Waals surface area contributed by atoms with Crippen molar-refractivity contribution < 1.29 is 19.2 Å². The highest BCUT2D eigenvalue weighted by Crippen LogP contribution is 2.44. The first-order valence-electron chi connectivity index (χ1n) is 7.87. The molecule has 0 spiro atoms. The highest BCUT2D eigenvalue weighted by atomic mass is 16.2. The van der Waals surface area contributed by atoms with E-state index in [1.165, 1.54) is 0 Å². The first-order chi connectivity index (χ1) is 11.4. The maximum Gasteiger partial charge on any atom is 0.261 e. The fraction of sp³-hybridized carbons (Fsp3) is 0.263. The van der Waals surface area contributed by atoms with Crippen LogP contribution >= 0.6 is 0 Å². The first-order valence-corrected chi connectivity index (χ1v) is 7.87. The van der Waals surface area contributed by atoms with Crippen LogP contribution in [0.25, 0.3) is 11.1 Å². The van der Waals surface area contributed by atoms with Crippen molar-refractivity contribution in [2.24, 2.45) is 0 Å². The van der Waals surface area contributed by atoms with Gasteiger partial charge in [0.05, 0.1) is 12.0 Å². The summed E-state index contributed by atoms with van der Waals surface area (Å²) in [6, 6.07) is 7.42. The molecule has 3 rings (SSSR count). The van der Waals surface area contributed by atoms with Crippen molar-refractivity contribution >= 4 is 34.5 Å². The molecule has 0 bridgehead atoms. The summed E-state index contributed by atoms with van der Waals surface area (Å²) >= 11 is 0. The second kappa shape index (κ2) is 6.00. The van der Waals surface area contributed by atoms with Crippen LogP contribution in [0.1, 0.15) is 44.2 Å². The maximum absolute atomic E-state index is 12.3. The number of nitrogens with one attached hydrogen (secondary N) is 1. The minimum atomic E-state index is -0.651. The molecule has 1 heterocycles. The van der Waals surface area contributed by atoms with Crippen LogP contribution < -0.4 is 5.32 Å². The van der Waals surface area contributed by atoms with Crippen molar-refractivity contribution in [2.45, 2.75) is 33.1 Å². The number of piperidine rings is 1. The van der Waals surface area contributed by atoms with E-state index in [-0.39, 0.29) is 17.8 Å². The smallest absolute Gasteiger partial charge is 0.261 e. The lowest BCUT2D eigenvalue weighted by Crippen LogP contribution is -2.41. The Labute approximate surface area is 139 Å². The summed E-state index contributed by atoms with van der Waals surface area (Å²) < 4.78 is 0. The van der Waals surface area contributed by atoms with E-state index in [2.05, 4.69) is 5.32 Å². The molecule has 5 heteroatoms. The number of ketones is 2. The number of allylic oxidation sites excluding steroid dienone is 3. The highest BCUT2D eigenvalue weighted by molar-refractivity contribution is 6.34. The fourth-order valence-corrected chi connectivity index (χ4v) is 3.27. The lowest BCUT2D eigenvalue weighted by molar-refractivity contribution is -0.134. The summed E-state index contributed by atoms with van der Waals surface area (Å²) in [6.45, 7) is 3.58. The van der Waals surface area contributed by atoms with Crippen LogP contribution in [0.15, 0.2) is 35.4 Å². The van der Waals surface area contributed by atoms with Crippen molar-refractivity contribution in [3.05, 3.63) is 46.5 Å². The molecule has 0 radical (unpaired) electrons. The number of hydrogen-bond acceptors (Lipinski definition) is 4. The van der Waals surface area contributed by atoms with Gasteiger partial charge < -0.3 is 0 Å². The molecule has 1 aromatic rings. The summed E-state index contributed by atoms with van der Waals surface area (Å²) in [7, 11) is 0. The molecule has 5 nitrogen and oxygen atoms in total. The Morgan fingerprint density at radius 3 is 2.38 bits per heavy atom. The number of benzene rings is 1. The van der Waals surface area contributed by atoms with Crippen LogP contribution in [0.5, 0.6) is 0 Å². The van der Waals surface area contributed by atoms with Gasteiger partial charge >= 0.3 is 0 Å². The van der Waals surface area contributed by atoms with Gasteiger partial charge in [0.15, 0.2) is 11.6 Å². The van der Waals surface area contributed by atoms with E-state index >= 15 is 0 Å². The molecular formula is C19H17NO4. The average Bonchev–Trinajstić information content (AvgIpc) is 2.92. The van der Waals surface area contributed by atoms with Crippen LogP contribution in [0.2, 0.25) is 0 Å². The first kappa shape index (κ1) is 16.1. The maximum atomic E-state index is 12.3. The van der Waals surface area contributed by atoms with Crippen molar-refractivity contribution in [2.75, 3.05) is 0 Å². The molecule has 122 valence electrons. The summed E-state index contributed by atoms with van der Waals surface area (Å²) in [5.41, 5.74) is 3.78. The standard InChI is InChI=1S/C19H17NO4/c1-3-15(21)10(2)13-8-14(12-7-5-4-6-11(12)13)18-16(22)9-17(23)20-19(18)24/h4-7H,3,8-9H2,1-2H3,(H,20,23,24)/b13-10-,18-14-. The molecule has 2 aliphatic rings. The quantitative estimate of drug-likeness (QED) is 0.392. The molecule has 2 amide bonds. The van der Waals surface area contributed by atoms with Gasteiger partial charge in [-0.05, 0) is 41.2 Å². The summed E-state index contributed by atoms with van der Waals surface area (Å²) in [5.74, 6) is -1.65. The summed E-state index contributed by atoms with van der Waals surface area (Å²) in [5, 5.41) is 2.21. The molecule has 1 fully saturated rings. The van der Waals surface area contributed by atoms with Gasteiger partial charge in [0.1, 0.15) is 0 Å². The van der Waals surface area contributed by atoms with Gasteiger partial charge in [0.2, 0.25) is 5.91 Å². The van der Waals surface area contributed by atoms with Crippen molar-refractivity contribution in [1.82, 2.24) is 5.32 Å². The zero-order valence-electron chi connectivity index (χ0n) is 13.6. The van der Waals surface area contributed by atoms with Gasteiger partial charge in [-0.15, -0.1) is 0 Å². The van der Waals surface area contributed by atoms with Crippen molar-refractivity contribution in [3.63, 3.8) is 0 Å². The SMILES string of the molecule is CCC(=O)/C(C)=C1/C/C(=C2\C(=O)CC(=O)NC2=O)c2ccccc21. The van der Waals surface area contributed by atoms with Crippen LogP contribution in [0.3, 0.4) is 0 Å². The highest BCUT2D eigenvalue weighted by Gasteiger charge is 2.35. The third kappa shape index (κ3) is 2.52. The van der Waals surface area contributed by atoms with Gasteiger partial charge in [-0.25, -0.2) is 0 Å². The Bertz CT molecular complexity index is 836. The predicted molar refractivity (Wildman–Crippen MR) is 88.6 cm³/mol. The molecule has 0 unspecified atom stereocenters. The molecule has 24 heavy (non-hydrogen) atoms. The number of Topliss-reactive ketones (excluding diaryl/α,β-unsaturated/α-hetero) is 2. The number of hydrogen-bond donors (Lipinski definition) is 1. The molecule has 1 aromatic carbocycles. The van der Waals surface area contributed by atoms with Crippen molar-refractivity contribution in [3.8, 4) is 0 Å². The minimum absolute atomic E-state index is 0.0359. The minimum Gasteiger partial charge on any atom is -0.295 e. The van der Waals surface area contributed by atoms with E-state index < -0.39 is 17.6 Å². The second-order valence-electron chi connectivity index (χ2n) is 5.93. The van der Waals surface area contributed by atoms with E-state index in [4.69, 9.17) is 0 Å². The van der Waals surface area contributed by atoms with Crippen LogP contribution in [0, 0.1) is 0 Å². The van der Waals surface area contributed by atoms with Gasteiger partial charge in [0, 0.05) is 6.42 Å². The number of carbonyl (C=O) groups is 4. The zero-order chi connectivity index (χ0) is 17.4. The Morgan fingerprint density at radius 2 is 1.75 bits per heavy atom. The monoisotopic (exact) mass is 323 g/mol.